The van der Waals surface area contributed by atoms with Crippen LogP contribution < -0.4 is 20.2 Å². The molecular formula is C37H44N8O4. The molecule has 0 aliphatic carbocycles. The number of aliphatic hydroxyl groups excluding tert-OH is 1. The molecule has 1 N–H and O–H groups in total. The van der Waals surface area contributed by atoms with E-state index in [-0.39, 0.29) is 17.6 Å². The second-order valence-electron chi connectivity index (χ2n) is 13.0. The zero-order chi connectivity index (χ0) is 33.8. The standard InChI is InChI=1S/C37H44N8O4/c1-3-35(28(2)46)45-36(47)43(27-40-45)33-11-9-31(10-12-33)41-19-21-42(22-20-41)32-13-15-34(16-14-32)48-24-29-23-37(49-25-29,26-44-38-17-18-39-44)30-7-5-4-6-8-30/h4-18,27-29,35,46H,3,19-26H2,1-2H3/t28-,29+,35-,37-/m0/s1. The van der Waals surface area contributed by atoms with Crippen molar-refractivity contribution in [2.24, 2.45) is 5.92 Å². The Morgan fingerprint density at radius 3 is 2.10 bits per heavy atom. The monoisotopic (exact) mass is 664 g/mol. The Bertz CT molecular complexity index is 1830. The minimum absolute atomic E-state index is 0.248. The summed E-state index contributed by atoms with van der Waals surface area (Å²) in [5.74, 6) is 1.11. The molecule has 49 heavy (non-hydrogen) atoms. The zero-order valence-electron chi connectivity index (χ0n) is 28.1. The maximum atomic E-state index is 13.0. The molecule has 2 aliphatic rings. The van der Waals surface area contributed by atoms with Gasteiger partial charge in [0.2, 0.25) is 0 Å². The third kappa shape index (κ3) is 6.97. The van der Waals surface area contributed by atoms with Gasteiger partial charge in [0.1, 0.15) is 17.7 Å². The molecule has 0 amide bonds. The molecule has 2 fully saturated rings. The van der Waals surface area contributed by atoms with Crippen LogP contribution in [0.1, 0.15) is 38.3 Å². The summed E-state index contributed by atoms with van der Waals surface area (Å²) in [6.45, 7) is 8.97. The number of nitrogens with zero attached hydrogens (tertiary/aromatic N) is 8. The lowest BCUT2D eigenvalue weighted by molar-refractivity contribution is -0.0209. The number of aliphatic hydroxyl groups is 1. The number of hydrogen-bond donors (Lipinski definition) is 1. The number of aromatic nitrogens is 6. The molecule has 0 radical (unpaired) electrons. The van der Waals surface area contributed by atoms with Crippen LogP contribution in [0, 0.1) is 5.92 Å². The molecule has 4 heterocycles. The fourth-order valence-electron chi connectivity index (χ4n) is 7.12. The first kappa shape index (κ1) is 32.6. The van der Waals surface area contributed by atoms with Crippen molar-refractivity contribution in [2.45, 2.75) is 51.0 Å². The van der Waals surface area contributed by atoms with E-state index in [0.717, 1.165) is 55.3 Å². The molecule has 0 saturated carbocycles. The molecular weight excluding hydrogens is 620 g/mol. The van der Waals surface area contributed by atoms with Crippen molar-refractivity contribution in [2.75, 3.05) is 49.2 Å². The van der Waals surface area contributed by atoms with Gasteiger partial charge in [0.25, 0.3) is 0 Å². The minimum Gasteiger partial charge on any atom is -0.493 e. The summed E-state index contributed by atoms with van der Waals surface area (Å²) in [4.78, 5) is 19.5. The summed E-state index contributed by atoms with van der Waals surface area (Å²) < 4.78 is 15.6. The fraction of sp³-hybridized carbons (Fsp3) is 0.405. The van der Waals surface area contributed by atoms with Crippen LogP contribution in [-0.4, -0.2) is 79.9 Å². The average Bonchev–Trinajstić information content (AvgIpc) is 3.90. The van der Waals surface area contributed by atoms with Crippen molar-refractivity contribution < 1.29 is 14.6 Å². The summed E-state index contributed by atoms with van der Waals surface area (Å²) >= 11 is 0. The van der Waals surface area contributed by atoms with Gasteiger partial charge in [-0.1, -0.05) is 37.3 Å². The lowest BCUT2D eigenvalue weighted by Crippen LogP contribution is -2.46. The van der Waals surface area contributed by atoms with E-state index < -0.39 is 11.7 Å². The highest BCUT2D eigenvalue weighted by atomic mass is 16.5. The van der Waals surface area contributed by atoms with Crippen LogP contribution in [0.15, 0.2) is 102 Å². The maximum Gasteiger partial charge on any atom is 0.350 e. The van der Waals surface area contributed by atoms with Gasteiger partial charge in [0.05, 0.1) is 50.0 Å². The predicted molar refractivity (Wildman–Crippen MR) is 187 cm³/mol. The number of rotatable bonds is 12. The molecule has 12 nitrogen and oxygen atoms in total. The van der Waals surface area contributed by atoms with Gasteiger partial charge in [-0.3, -0.25) is 0 Å². The van der Waals surface area contributed by atoms with Crippen LogP contribution in [0.5, 0.6) is 5.75 Å². The molecule has 2 aromatic heterocycles. The average molecular weight is 665 g/mol. The minimum atomic E-state index is -0.657. The van der Waals surface area contributed by atoms with Gasteiger partial charge in [-0.2, -0.15) is 20.1 Å². The fourth-order valence-corrected chi connectivity index (χ4v) is 7.12. The molecule has 2 aliphatic heterocycles. The van der Waals surface area contributed by atoms with E-state index in [2.05, 4.69) is 73.6 Å². The normalized spacial score (nSPS) is 20.8. The zero-order valence-corrected chi connectivity index (χ0v) is 28.1. The summed E-state index contributed by atoms with van der Waals surface area (Å²) in [5.41, 5.74) is 3.46. The Balaban J connectivity index is 0.913. The van der Waals surface area contributed by atoms with Crippen molar-refractivity contribution in [3.05, 3.63) is 114 Å². The van der Waals surface area contributed by atoms with Crippen LogP contribution in [-0.2, 0) is 16.9 Å². The summed E-state index contributed by atoms with van der Waals surface area (Å²) in [6, 6.07) is 26.4. The van der Waals surface area contributed by atoms with Crippen molar-refractivity contribution in [3.8, 4) is 11.4 Å². The van der Waals surface area contributed by atoms with Crippen molar-refractivity contribution in [1.29, 1.82) is 0 Å². The highest BCUT2D eigenvalue weighted by molar-refractivity contribution is 5.54. The van der Waals surface area contributed by atoms with Gasteiger partial charge >= 0.3 is 5.69 Å². The third-order valence-corrected chi connectivity index (χ3v) is 9.82. The van der Waals surface area contributed by atoms with Gasteiger partial charge in [0, 0.05) is 43.5 Å². The van der Waals surface area contributed by atoms with Crippen LogP contribution in [0.3, 0.4) is 0 Å². The molecule has 12 heteroatoms. The second kappa shape index (κ2) is 14.3. The SMILES string of the molecule is CC[C@@H]([C@H](C)O)n1ncn(-c2ccc(N3CCN(c4ccc(OC[C@@H]5CO[C@@](Cn6nccn6)(c6ccccc6)C5)cc4)CC3)cc2)c1=O. The number of ether oxygens (including phenoxy) is 2. The number of benzene rings is 3. The summed E-state index contributed by atoms with van der Waals surface area (Å²) in [5, 5.41) is 23.0. The molecule has 3 aromatic carbocycles. The molecule has 0 unspecified atom stereocenters. The summed E-state index contributed by atoms with van der Waals surface area (Å²) in [7, 11) is 0. The molecule has 5 aromatic rings. The first-order chi connectivity index (χ1) is 23.9. The van der Waals surface area contributed by atoms with Crippen LogP contribution >= 0.6 is 0 Å². The Labute approximate surface area is 286 Å². The van der Waals surface area contributed by atoms with Crippen LogP contribution in [0.2, 0.25) is 0 Å². The number of piperazine rings is 1. The predicted octanol–water partition coefficient (Wildman–Crippen LogP) is 4.30. The van der Waals surface area contributed by atoms with Crippen molar-refractivity contribution in [1.82, 2.24) is 29.3 Å². The molecule has 0 spiro atoms. The van der Waals surface area contributed by atoms with E-state index in [1.807, 2.05) is 37.3 Å². The van der Waals surface area contributed by atoms with E-state index >= 15 is 0 Å². The van der Waals surface area contributed by atoms with Gasteiger partial charge < -0.3 is 24.4 Å². The largest absolute Gasteiger partial charge is 0.493 e. The lowest BCUT2D eigenvalue weighted by Gasteiger charge is -2.37. The third-order valence-electron chi connectivity index (χ3n) is 9.82. The highest BCUT2D eigenvalue weighted by Gasteiger charge is 2.43. The van der Waals surface area contributed by atoms with Gasteiger partial charge in [0.15, 0.2) is 0 Å². The first-order valence-electron chi connectivity index (χ1n) is 17.1. The number of anilines is 2. The topological polar surface area (TPSA) is 116 Å². The maximum absolute atomic E-state index is 13.0. The van der Waals surface area contributed by atoms with E-state index in [4.69, 9.17) is 9.47 Å². The van der Waals surface area contributed by atoms with Crippen molar-refractivity contribution in [3.63, 3.8) is 0 Å². The summed E-state index contributed by atoms with van der Waals surface area (Å²) in [6.07, 6.45) is 5.72. The Morgan fingerprint density at radius 2 is 1.49 bits per heavy atom. The van der Waals surface area contributed by atoms with E-state index in [9.17, 15) is 9.90 Å². The van der Waals surface area contributed by atoms with E-state index in [1.165, 1.54) is 21.3 Å². The quantitative estimate of drug-likeness (QED) is 0.209. The lowest BCUT2D eigenvalue weighted by atomic mass is 9.87. The Kier molecular flexibility index (Phi) is 9.49. The molecule has 7 rings (SSSR count). The van der Waals surface area contributed by atoms with Crippen LogP contribution in [0.25, 0.3) is 5.69 Å². The van der Waals surface area contributed by atoms with Gasteiger partial charge in [-0.25, -0.2) is 14.0 Å². The molecule has 2 saturated heterocycles. The Hall–Kier alpha value is -4.94. The molecule has 4 atom stereocenters. The first-order valence-corrected chi connectivity index (χ1v) is 17.1. The van der Waals surface area contributed by atoms with Gasteiger partial charge in [-0.05, 0) is 73.9 Å². The molecule has 256 valence electrons. The second-order valence-corrected chi connectivity index (χ2v) is 13.0. The van der Waals surface area contributed by atoms with E-state index in [1.54, 1.807) is 24.1 Å². The van der Waals surface area contributed by atoms with Crippen LogP contribution in [0.4, 0.5) is 11.4 Å². The highest BCUT2D eigenvalue weighted by Crippen LogP contribution is 2.40. The number of hydrogen-bond acceptors (Lipinski definition) is 9. The molecule has 0 bridgehead atoms. The smallest absolute Gasteiger partial charge is 0.350 e. The van der Waals surface area contributed by atoms with E-state index in [0.29, 0.717) is 26.2 Å². The van der Waals surface area contributed by atoms with Crippen molar-refractivity contribution >= 4 is 11.4 Å². The van der Waals surface area contributed by atoms with Gasteiger partial charge in [-0.15, -0.1) is 0 Å². The Morgan fingerprint density at radius 1 is 0.878 bits per heavy atom.